The maximum Gasteiger partial charge on any atom is 0.407 e. The van der Waals surface area contributed by atoms with Crippen molar-refractivity contribution in [3.63, 3.8) is 0 Å². The van der Waals surface area contributed by atoms with E-state index in [1.807, 2.05) is 25.1 Å². The van der Waals surface area contributed by atoms with Gasteiger partial charge in [0.25, 0.3) is 5.91 Å². The van der Waals surface area contributed by atoms with Crippen molar-refractivity contribution in [2.24, 2.45) is 11.7 Å². The second-order valence-corrected chi connectivity index (χ2v) is 10.3. The molecule has 1 aromatic carbocycles. The summed E-state index contributed by atoms with van der Waals surface area (Å²) in [6.45, 7) is 4.60. The molecule has 0 saturated carbocycles. The zero-order valence-corrected chi connectivity index (χ0v) is 22.2. The molecular weight excluding hydrogens is 498 g/mol. The number of fused-ring (bicyclic) bond motifs is 1. The summed E-state index contributed by atoms with van der Waals surface area (Å²) in [6.07, 6.45) is 4.70. The van der Waals surface area contributed by atoms with E-state index in [1.165, 1.54) is 12.7 Å². The van der Waals surface area contributed by atoms with Crippen LogP contribution in [0.2, 0.25) is 0 Å². The van der Waals surface area contributed by atoms with Gasteiger partial charge in [0.2, 0.25) is 0 Å². The number of nitrogens with zero attached hydrogens (tertiary/aromatic N) is 3. The van der Waals surface area contributed by atoms with Crippen LogP contribution in [0.5, 0.6) is 0 Å². The Morgan fingerprint density at radius 3 is 2.69 bits per heavy atom. The summed E-state index contributed by atoms with van der Waals surface area (Å²) in [6, 6.07) is 9.21. The number of piperidine rings is 1. The number of ether oxygens (including phenoxy) is 2. The normalized spacial score (nSPS) is 21.9. The average Bonchev–Trinajstić information content (AvgIpc) is 2.94. The number of benzene rings is 1. The minimum Gasteiger partial charge on any atom is -0.453 e. The standard InChI is InChI=1S/C28H35N7O4/c1-16-14-35(15-21(30)25(16)34-28(37)38-2)24-5-8-31-13-23(24)33-27(36)26-20(29)11-19-4-3-18(12-22(19)32-26)17-6-9-39-10-7-17/h3-5,8,11-13,16-17,21,25H,6-7,9-10,14-15,29-30H2,1-2H3,(H,33,36)(H,34,37). The van der Waals surface area contributed by atoms with Crippen LogP contribution in [0.25, 0.3) is 10.9 Å². The maximum absolute atomic E-state index is 13.4. The van der Waals surface area contributed by atoms with Gasteiger partial charge in [-0.25, -0.2) is 9.78 Å². The fourth-order valence-electron chi connectivity index (χ4n) is 5.57. The van der Waals surface area contributed by atoms with Gasteiger partial charge in [0.05, 0.1) is 41.9 Å². The van der Waals surface area contributed by atoms with Gasteiger partial charge >= 0.3 is 6.09 Å². The van der Waals surface area contributed by atoms with Crippen molar-refractivity contribution in [2.45, 2.75) is 37.8 Å². The summed E-state index contributed by atoms with van der Waals surface area (Å²) < 4.78 is 10.2. The number of anilines is 3. The Labute approximate surface area is 227 Å². The van der Waals surface area contributed by atoms with Gasteiger partial charge in [0.1, 0.15) is 0 Å². The van der Waals surface area contributed by atoms with Crippen LogP contribution >= 0.6 is 0 Å². The number of methoxy groups -OCH3 is 1. The first-order valence-corrected chi connectivity index (χ1v) is 13.2. The third-order valence-corrected chi connectivity index (χ3v) is 7.65. The molecule has 0 aliphatic carbocycles. The minimum atomic E-state index is -0.507. The molecule has 0 radical (unpaired) electrons. The molecule has 0 bridgehead atoms. The predicted molar refractivity (Wildman–Crippen MR) is 150 cm³/mol. The first kappa shape index (κ1) is 26.6. The zero-order chi connectivity index (χ0) is 27.5. The third-order valence-electron chi connectivity index (χ3n) is 7.65. The summed E-state index contributed by atoms with van der Waals surface area (Å²) >= 11 is 0. The molecule has 39 heavy (non-hydrogen) atoms. The van der Waals surface area contributed by atoms with Gasteiger partial charge < -0.3 is 36.5 Å². The fourth-order valence-corrected chi connectivity index (χ4v) is 5.57. The van der Waals surface area contributed by atoms with E-state index in [2.05, 4.69) is 31.6 Å². The van der Waals surface area contributed by atoms with Gasteiger partial charge in [-0.15, -0.1) is 0 Å². The van der Waals surface area contributed by atoms with Crippen molar-refractivity contribution >= 4 is 40.0 Å². The monoisotopic (exact) mass is 533 g/mol. The Hall–Kier alpha value is -3.96. The summed E-state index contributed by atoms with van der Waals surface area (Å²) in [4.78, 5) is 36.2. The SMILES string of the molecule is COC(=O)NC1C(C)CN(c2ccncc2NC(=O)c2nc3cc(C4CCOCC4)ccc3cc2N)CC1N. The van der Waals surface area contributed by atoms with Crippen LogP contribution in [-0.4, -0.2) is 67.5 Å². The van der Waals surface area contributed by atoms with Crippen molar-refractivity contribution in [1.29, 1.82) is 0 Å². The number of nitrogens with two attached hydrogens (primary N) is 2. The third kappa shape index (κ3) is 5.74. The fraction of sp³-hybridized carbons (Fsp3) is 0.429. The average molecular weight is 534 g/mol. The first-order valence-electron chi connectivity index (χ1n) is 13.2. The number of carbonyl (C=O) groups excluding carboxylic acids is 2. The molecule has 4 heterocycles. The molecule has 206 valence electrons. The molecule has 11 nitrogen and oxygen atoms in total. The van der Waals surface area contributed by atoms with Gasteiger partial charge in [-0.05, 0) is 48.4 Å². The molecule has 6 N–H and O–H groups in total. The Morgan fingerprint density at radius 2 is 1.95 bits per heavy atom. The molecule has 2 amide bonds. The van der Waals surface area contributed by atoms with Crippen molar-refractivity contribution in [1.82, 2.24) is 15.3 Å². The van der Waals surface area contributed by atoms with Gasteiger partial charge in [0.15, 0.2) is 5.69 Å². The molecule has 2 saturated heterocycles. The predicted octanol–water partition coefficient (Wildman–Crippen LogP) is 2.87. The van der Waals surface area contributed by atoms with Crippen LogP contribution in [0.3, 0.4) is 0 Å². The molecule has 0 spiro atoms. The highest BCUT2D eigenvalue weighted by molar-refractivity contribution is 6.09. The lowest BCUT2D eigenvalue weighted by Gasteiger charge is -2.42. The topological polar surface area (TPSA) is 158 Å². The molecule has 3 aromatic rings. The van der Waals surface area contributed by atoms with Crippen LogP contribution in [-0.2, 0) is 9.47 Å². The molecule has 2 aromatic heterocycles. The summed E-state index contributed by atoms with van der Waals surface area (Å²) in [5, 5.41) is 6.67. The van der Waals surface area contributed by atoms with Gasteiger partial charge in [-0.3, -0.25) is 9.78 Å². The Bertz CT molecular complexity index is 1350. The van der Waals surface area contributed by atoms with Crippen LogP contribution in [0, 0.1) is 5.92 Å². The molecule has 2 fully saturated rings. The highest BCUT2D eigenvalue weighted by Crippen LogP contribution is 2.32. The van der Waals surface area contributed by atoms with E-state index in [-0.39, 0.29) is 23.7 Å². The molecule has 3 atom stereocenters. The number of carbonyl (C=O) groups is 2. The number of nitrogen functional groups attached to an aromatic ring is 1. The Kier molecular flexibility index (Phi) is 7.80. The van der Waals surface area contributed by atoms with E-state index >= 15 is 0 Å². The van der Waals surface area contributed by atoms with Gasteiger partial charge in [-0.2, -0.15) is 0 Å². The number of hydrogen-bond acceptors (Lipinski definition) is 9. The number of amides is 2. The van der Waals surface area contributed by atoms with E-state index in [9.17, 15) is 9.59 Å². The Balaban J connectivity index is 1.36. The van der Waals surface area contributed by atoms with Crippen molar-refractivity contribution in [2.75, 3.05) is 49.4 Å². The quantitative estimate of drug-likeness (QED) is 0.387. The van der Waals surface area contributed by atoms with Gasteiger partial charge in [-0.1, -0.05) is 19.1 Å². The van der Waals surface area contributed by atoms with Crippen LogP contribution in [0.4, 0.5) is 21.9 Å². The molecule has 3 unspecified atom stereocenters. The Morgan fingerprint density at radius 1 is 1.15 bits per heavy atom. The van der Waals surface area contributed by atoms with E-state index < -0.39 is 12.0 Å². The molecule has 5 rings (SSSR count). The maximum atomic E-state index is 13.4. The number of hydrogen-bond donors (Lipinski definition) is 4. The molecule has 2 aliphatic rings. The van der Waals surface area contributed by atoms with E-state index in [1.54, 1.807) is 18.5 Å². The van der Waals surface area contributed by atoms with E-state index in [0.29, 0.717) is 30.4 Å². The zero-order valence-electron chi connectivity index (χ0n) is 22.2. The summed E-state index contributed by atoms with van der Waals surface area (Å²) in [5.74, 6) is 0.0328. The second-order valence-electron chi connectivity index (χ2n) is 10.3. The lowest BCUT2D eigenvalue weighted by atomic mass is 9.90. The molecular formula is C28H35N7O4. The number of alkyl carbamates (subject to hydrolysis) is 1. The highest BCUT2D eigenvalue weighted by atomic mass is 16.5. The van der Waals surface area contributed by atoms with Gasteiger partial charge in [0, 0.05) is 43.9 Å². The number of nitrogens with one attached hydrogen (secondary N) is 2. The number of pyridine rings is 2. The second kappa shape index (κ2) is 11.4. The van der Waals surface area contributed by atoms with Crippen LogP contribution in [0.1, 0.15) is 41.7 Å². The van der Waals surface area contributed by atoms with Crippen LogP contribution in [0.15, 0.2) is 42.7 Å². The number of rotatable bonds is 5. The van der Waals surface area contributed by atoms with Crippen molar-refractivity contribution in [3.05, 3.63) is 54.0 Å². The minimum absolute atomic E-state index is 0.0345. The number of aromatic nitrogens is 2. The smallest absolute Gasteiger partial charge is 0.407 e. The van der Waals surface area contributed by atoms with E-state index in [4.69, 9.17) is 20.9 Å². The lowest BCUT2D eigenvalue weighted by molar-refractivity contribution is 0.0853. The summed E-state index contributed by atoms with van der Waals surface area (Å²) in [7, 11) is 1.33. The largest absolute Gasteiger partial charge is 0.453 e. The van der Waals surface area contributed by atoms with Crippen LogP contribution < -0.4 is 27.0 Å². The lowest BCUT2D eigenvalue weighted by Crippen LogP contribution is -2.62. The van der Waals surface area contributed by atoms with Crippen molar-refractivity contribution in [3.8, 4) is 0 Å². The van der Waals surface area contributed by atoms with Crippen molar-refractivity contribution < 1.29 is 19.1 Å². The van der Waals surface area contributed by atoms with E-state index in [0.717, 1.165) is 42.6 Å². The highest BCUT2D eigenvalue weighted by Gasteiger charge is 2.34. The first-order chi connectivity index (χ1) is 18.8. The summed E-state index contributed by atoms with van der Waals surface area (Å²) in [5.41, 5.74) is 16.4. The molecule has 2 aliphatic heterocycles. The molecule has 11 heteroatoms.